The molecule has 0 saturated carbocycles. The van der Waals surface area contributed by atoms with Gasteiger partial charge in [0.2, 0.25) is 23.6 Å². The molecule has 0 saturated heterocycles. The molecule has 11 heteroatoms. The summed E-state index contributed by atoms with van der Waals surface area (Å²) in [5.74, 6) is -0.852. The number of nitrogens with zero attached hydrogens (tertiary/aromatic N) is 3. The Morgan fingerprint density at radius 3 is 2.11 bits per heavy atom. The first kappa shape index (κ1) is 41.6. The molecule has 1 heterocycles. The van der Waals surface area contributed by atoms with Crippen LogP contribution in [0.4, 0.5) is 11.4 Å². The van der Waals surface area contributed by atoms with E-state index in [1.165, 1.54) is 0 Å². The largest absolute Gasteiger partial charge is 0.392 e. The van der Waals surface area contributed by atoms with Crippen LogP contribution in [0.1, 0.15) is 95.9 Å². The van der Waals surface area contributed by atoms with E-state index in [1.807, 2.05) is 55.1 Å². The van der Waals surface area contributed by atoms with Gasteiger partial charge in [0, 0.05) is 31.1 Å². The molecule has 2 unspecified atom stereocenters. The summed E-state index contributed by atoms with van der Waals surface area (Å²) in [5.41, 5.74) is 6.91. The second kappa shape index (κ2) is 19.8. The average molecular weight is 737 g/mol. The average Bonchev–Trinajstić information content (AvgIpc) is 3.16. The number of benzene rings is 3. The van der Waals surface area contributed by atoms with Crippen LogP contribution in [-0.4, -0.2) is 47.9 Å². The van der Waals surface area contributed by atoms with E-state index >= 15 is 0 Å². The number of carbonyl (C=O) groups excluding carboxylic acids is 4. The Hall–Kier alpha value is -5.16. The van der Waals surface area contributed by atoms with Crippen molar-refractivity contribution in [2.24, 2.45) is 28.0 Å². The maximum atomic E-state index is 14.0. The normalized spacial score (nSPS) is 16.4. The minimum atomic E-state index is -0.855. The summed E-state index contributed by atoms with van der Waals surface area (Å²) in [5, 5.41) is 26.4. The third-order valence-electron chi connectivity index (χ3n) is 10.3. The molecule has 288 valence electrons. The molecular weight excluding hydrogens is 681 g/mol. The molecule has 1 aliphatic rings. The van der Waals surface area contributed by atoms with Crippen molar-refractivity contribution in [1.29, 1.82) is 0 Å². The summed E-state index contributed by atoms with van der Waals surface area (Å²) < 4.78 is 0. The first-order chi connectivity index (χ1) is 25.9. The number of azo groups is 1. The lowest BCUT2D eigenvalue weighted by atomic mass is 9.79. The minimum Gasteiger partial charge on any atom is -0.392 e. The number of hydrogen-bond acceptors (Lipinski definition) is 7. The van der Waals surface area contributed by atoms with E-state index in [-0.39, 0.29) is 43.1 Å². The van der Waals surface area contributed by atoms with Crippen LogP contribution in [-0.2, 0) is 32.3 Å². The maximum absolute atomic E-state index is 14.0. The van der Waals surface area contributed by atoms with E-state index in [1.54, 1.807) is 38.2 Å². The van der Waals surface area contributed by atoms with Gasteiger partial charge in [-0.1, -0.05) is 95.6 Å². The quantitative estimate of drug-likeness (QED) is 0.0887. The molecule has 0 spiro atoms. The standard InChI is InChI=1S/C43H56N6O5/c1-8-28(4)29(5)39-34-16-10-9-15-32(34)25-49(36-18-12-11-17-35(36)41(39)48-44-7)38(52)20-14-13-19-37(51)47-40(27(2)3)43(54)45-30(6)42(53)46-33-23-21-31(26-50)22-24-33/h9-12,15-18,21-24,27-30,40,50H,8,13-14,19-20,25-26H2,1-7H3,(H,45,54)(H,46,53)(H,47,51)/b41-39+,48-44-/t28?,29?,30-,40-/m0/s1. The molecule has 1 aliphatic heterocycles. The first-order valence-electron chi connectivity index (χ1n) is 19.0. The minimum absolute atomic E-state index is 0.0556. The number of unbranched alkanes of at least 4 members (excludes halogenated alkanes) is 1. The zero-order valence-electron chi connectivity index (χ0n) is 32.7. The number of aliphatic hydroxyl groups is 1. The van der Waals surface area contributed by atoms with E-state index in [0.29, 0.717) is 36.6 Å². The predicted molar refractivity (Wildman–Crippen MR) is 214 cm³/mol. The summed E-state index contributed by atoms with van der Waals surface area (Å²) in [7, 11) is 1.67. The number of nitrogens with one attached hydrogen (secondary N) is 3. The number of fused-ring (bicyclic) bond motifs is 2. The van der Waals surface area contributed by atoms with Crippen molar-refractivity contribution in [2.45, 2.75) is 98.9 Å². The molecule has 0 fully saturated rings. The van der Waals surface area contributed by atoms with Crippen LogP contribution in [0.15, 0.2) is 83.0 Å². The number of rotatable bonds is 16. The van der Waals surface area contributed by atoms with Crippen molar-refractivity contribution in [3.05, 3.63) is 95.1 Å². The summed E-state index contributed by atoms with van der Waals surface area (Å²) >= 11 is 0. The predicted octanol–water partition coefficient (Wildman–Crippen LogP) is 7.50. The Labute approximate surface area is 319 Å². The molecule has 3 aromatic rings. The van der Waals surface area contributed by atoms with Gasteiger partial charge in [-0.25, -0.2) is 0 Å². The lowest BCUT2D eigenvalue weighted by molar-refractivity contribution is -0.131. The van der Waals surface area contributed by atoms with Crippen LogP contribution < -0.4 is 20.9 Å². The molecular formula is C43H56N6O5. The van der Waals surface area contributed by atoms with Crippen molar-refractivity contribution in [3.63, 3.8) is 0 Å². The molecule has 0 radical (unpaired) electrons. The summed E-state index contributed by atoms with van der Waals surface area (Å²) in [6.07, 6.45) is 2.33. The van der Waals surface area contributed by atoms with Gasteiger partial charge in [0.25, 0.3) is 0 Å². The van der Waals surface area contributed by atoms with Crippen LogP contribution in [0.3, 0.4) is 0 Å². The molecule has 0 aliphatic carbocycles. The fraction of sp³-hybridized carbons (Fsp3) is 0.442. The van der Waals surface area contributed by atoms with Crippen LogP contribution >= 0.6 is 0 Å². The van der Waals surface area contributed by atoms with Crippen molar-refractivity contribution >= 4 is 46.3 Å². The second-order valence-corrected chi connectivity index (χ2v) is 14.5. The van der Waals surface area contributed by atoms with E-state index in [0.717, 1.165) is 40.1 Å². The molecule has 3 aromatic carbocycles. The molecule has 0 bridgehead atoms. The highest BCUT2D eigenvalue weighted by Gasteiger charge is 2.31. The maximum Gasteiger partial charge on any atom is 0.246 e. The Balaban J connectivity index is 1.40. The van der Waals surface area contributed by atoms with Crippen LogP contribution in [0, 0.1) is 17.8 Å². The highest BCUT2D eigenvalue weighted by atomic mass is 16.3. The third kappa shape index (κ3) is 10.5. The van der Waals surface area contributed by atoms with Crippen molar-refractivity contribution in [2.75, 3.05) is 17.3 Å². The Kier molecular flexibility index (Phi) is 15.2. The fourth-order valence-corrected chi connectivity index (χ4v) is 6.68. The highest BCUT2D eigenvalue weighted by Crippen LogP contribution is 2.44. The molecule has 54 heavy (non-hydrogen) atoms. The number of anilines is 2. The molecule has 4 atom stereocenters. The summed E-state index contributed by atoms with van der Waals surface area (Å²) in [4.78, 5) is 54.8. The lowest BCUT2D eigenvalue weighted by Gasteiger charge is -2.32. The zero-order chi connectivity index (χ0) is 39.4. The third-order valence-corrected chi connectivity index (χ3v) is 10.3. The van der Waals surface area contributed by atoms with E-state index in [2.05, 4.69) is 54.0 Å². The highest BCUT2D eigenvalue weighted by molar-refractivity contribution is 6.02. The van der Waals surface area contributed by atoms with Gasteiger partial charge in [0.05, 0.1) is 24.5 Å². The fourth-order valence-electron chi connectivity index (χ4n) is 6.68. The van der Waals surface area contributed by atoms with E-state index in [9.17, 15) is 24.3 Å². The van der Waals surface area contributed by atoms with Gasteiger partial charge >= 0.3 is 0 Å². The lowest BCUT2D eigenvalue weighted by Crippen LogP contribution is -2.53. The van der Waals surface area contributed by atoms with E-state index < -0.39 is 23.9 Å². The van der Waals surface area contributed by atoms with Crippen LogP contribution in [0.2, 0.25) is 0 Å². The number of allylic oxidation sites excluding steroid dienone is 1. The number of aliphatic hydroxyl groups excluding tert-OH is 1. The zero-order valence-corrected chi connectivity index (χ0v) is 32.7. The van der Waals surface area contributed by atoms with Gasteiger partial charge in [-0.3, -0.25) is 19.2 Å². The summed E-state index contributed by atoms with van der Waals surface area (Å²) in [6.45, 7) is 12.2. The molecule has 11 nitrogen and oxygen atoms in total. The van der Waals surface area contributed by atoms with E-state index in [4.69, 9.17) is 5.11 Å². The first-order valence-corrected chi connectivity index (χ1v) is 19.0. The number of amides is 4. The van der Waals surface area contributed by atoms with Crippen molar-refractivity contribution in [1.82, 2.24) is 10.6 Å². The smallest absolute Gasteiger partial charge is 0.246 e. The molecule has 4 rings (SSSR count). The molecule has 4 N–H and O–H groups in total. The van der Waals surface area contributed by atoms with Crippen molar-refractivity contribution in [3.8, 4) is 0 Å². The monoisotopic (exact) mass is 736 g/mol. The second-order valence-electron chi connectivity index (χ2n) is 14.5. The number of carbonyl (C=O) groups is 4. The van der Waals surface area contributed by atoms with Crippen LogP contribution in [0.5, 0.6) is 0 Å². The molecule has 0 aromatic heterocycles. The van der Waals surface area contributed by atoms with Gasteiger partial charge in [0.15, 0.2) is 0 Å². The Bertz CT molecular complexity index is 1840. The number of hydrogen-bond donors (Lipinski definition) is 4. The Morgan fingerprint density at radius 2 is 1.46 bits per heavy atom. The van der Waals surface area contributed by atoms with Gasteiger partial charge in [0.1, 0.15) is 12.1 Å². The van der Waals surface area contributed by atoms with Gasteiger partial charge < -0.3 is 26.0 Å². The van der Waals surface area contributed by atoms with Gasteiger partial charge in [-0.05, 0) is 78.0 Å². The van der Waals surface area contributed by atoms with Crippen LogP contribution in [0.25, 0.3) is 11.3 Å². The topological polar surface area (TPSA) is 153 Å². The SMILES string of the molecule is CCC(C)C(C)/C1=C(\N=N/C)c2ccccc2N(C(=O)CCCCC(=O)N[C@H](C(=O)N[C@@H](C)C(=O)Nc2ccc(CO)cc2)C(C)C)Cc2ccccc21. The van der Waals surface area contributed by atoms with Gasteiger partial charge in [-0.15, -0.1) is 0 Å². The van der Waals surface area contributed by atoms with Gasteiger partial charge in [-0.2, -0.15) is 10.2 Å². The van der Waals surface area contributed by atoms with Crippen molar-refractivity contribution < 1.29 is 24.3 Å². The Morgan fingerprint density at radius 1 is 0.815 bits per heavy atom. The number of para-hydroxylation sites is 1. The molecule has 4 amide bonds. The summed E-state index contributed by atoms with van der Waals surface area (Å²) in [6, 6.07) is 21.1.